The Morgan fingerprint density at radius 1 is 1.16 bits per heavy atom. The predicted molar refractivity (Wildman–Crippen MR) is 123 cm³/mol. The van der Waals surface area contributed by atoms with Crippen LogP contribution in [0.25, 0.3) is 5.69 Å². The molecule has 7 heteroatoms. The number of ether oxygens (including phenoxy) is 2. The summed E-state index contributed by atoms with van der Waals surface area (Å²) in [7, 11) is 0. The first kappa shape index (κ1) is 21.4. The standard InChI is InChI=1S/C24H26ClN3O3/c1-16-5-4-6-21(11-16)31-15-20-14-30-10-9-27(20)23-8-7-19(13-22(23)25)28-18(3)26-17(2)12-24(28)29/h4-8,11-13,20H,9-10,14-15H2,1-3H3. The molecule has 0 saturated carbocycles. The second-order valence-corrected chi connectivity index (χ2v) is 8.21. The van der Waals surface area contributed by atoms with Crippen molar-refractivity contribution in [3.8, 4) is 11.4 Å². The summed E-state index contributed by atoms with van der Waals surface area (Å²) < 4.78 is 13.3. The lowest BCUT2D eigenvalue weighted by molar-refractivity contribution is 0.0769. The first-order valence-electron chi connectivity index (χ1n) is 10.3. The number of nitrogens with zero attached hydrogens (tertiary/aromatic N) is 3. The summed E-state index contributed by atoms with van der Waals surface area (Å²) >= 11 is 6.69. The van der Waals surface area contributed by atoms with Crippen LogP contribution < -0.4 is 15.2 Å². The molecule has 6 nitrogen and oxygen atoms in total. The SMILES string of the molecule is Cc1cccc(OCC2COCCN2c2ccc(-n3c(C)nc(C)cc3=O)cc2Cl)c1. The van der Waals surface area contributed by atoms with E-state index >= 15 is 0 Å². The second kappa shape index (κ2) is 9.12. The van der Waals surface area contributed by atoms with Crippen molar-refractivity contribution < 1.29 is 9.47 Å². The van der Waals surface area contributed by atoms with Gasteiger partial charge in [0.25, 0.3) is 5.56 Å². The maximum absolute atomic E-state index is 12.5. The Bertz CT molecular complexity index is 1150. The van der Waals surface area contributed by atoms with Gasteiger partial charge in [0.05, 0.1) is 35.7 Å². The van der Waals surface area contributed by atoms with Crippen LogP contribution >= 0.6 is 11.6 Å². The van der Waals surface area contributed by atoms with Crippen molar-refractivity contribution in [1.29, 1.82) is 0 Å². The van der Waals surface area contributed by atoms with Gasteiger partial charge in [-0.2, -0.15) is 0 Å². The average Bonchev–Trinajstić information content (AvgIpc) is 2.72. The highest BCUT2D eigenvalue weighted by Crippen LogP contribution is 2.31. The number of aryl methyl sites for hydroxylation is 3. The first-order chi connectivity index (χ1) is 14.9. The summed E-state index contributed by atoms with van der Waals surface area (Å²) in [4.78, 5) is 19.1. The molecule has 162 valence electrons. The second-order valence-electron chi connectivity index (χ2n) is 7.80. The van der Waals surface area contributed by atoms with Crippen LogP contribution in [0, 0.1) is 20.8 Å². The van der Waals surface area contributed by atoms with E-state index in [2.05, 4.69) is 9.88 Å². The Labute approximate surface area is 187 Å². The molecule has 1 aromatic heterocycles. The Balaban J connectivity index is 1.58. The maximum atomic E-state index is 12.5. The molecule has 2 aromatic carbocycles. The quantitative estimate of drug-likeness (QED) is 0.599. The van der Waals surface area contributed by atoms with Crippen molar-refractivity contribution in [2.75, 3.05) is 31.3 Å². The summed E-state index contributed by atoms with van der Waals surface area (Å²) in [6.07, 6.45) is 0. The van der Waals surface area contributed by atoms with Gasteiger partial charge in [-0.25, -0.2) is 4.98 Å². The number of halogens is 1. The third kappa shape index (κ3) is 4.75. The third-order valence-corrected chi connectivity index (χ3v) is 5.68. The highest BCUT2D eigenvalue weighted by molar-refractivity contribution is 6.33. The lowest BCUT2D eigenvalue weighted by atomic mass is 10.1. The maximum Gasteiger partial charge on any atom is 0.258 e. The minimum atomic E-state index is -0.121. The summed E-state index contributed by atoms with van der Waals surface area (Å²) in [5.41, 5.74) is 3.33. The van der Waals surface area contributed by atoms with Crippen molar-refractivity contribution in [2.45, 2.75) is 26.8 Å². The van der Waals surface area contributed by atoms with Crippen LogP contribution in [0.2, 0.25) is 5.02 Å². The van der Waals surface area contributed by atoms with E-state index in [1.54, 1.807) is 4.57 Å². The van der Waals surface area contributed by atoms with E-state index in [1.165, 1.54) is 6.07 Å². The third-order valence-electron chi connectivity index (χ3n) is 5.37. The van der Waals surface area contributed by atoms with Crippen LogP contribution in [-0.4, -0.2) is 42.0 Å². The highest BCUT2D eigenvalue weighted by Gasteiger charge is 2.26. The molecule has 1 saturated heterocycles. The molecule has 1 aliphatic heterocycles. The smallest absolute Gasteiger partial charge is 0.258 e. The summed E-state index contributed by atoms with van der Waals surface area (Å²) in [5, 5.41) is 0.576. The molecule has 0 aliphatic carbocycles. The molecule has 0 spiro atoms. The van der Waals surface area contributed by atoms with Gasteiger partial charge in [-0.05, 0) is 56.7 Å². The lowest BCUT2D eigenvalue weighted by Gasteiger charge is -2.37. The van der Waals surface area contributed by atoms with Gasteiger partial charge < -0.3 is 14.4 Å². The Kier molecular flexibility index (Phi) is 6.30. The fourth-order valence-electron chi connectivity index (χ4n) is 3.93. The van der Waals surface area contributed by atoms with Crippen molar-refractivity contribution in [2.24, 2.45) is 0 Å². The van der Waals surface area contributed by atoms with Gasteiger partial charge in [0.1, 0.15) is 18.2 Å². The number of hydrogen-bond acceptors (Lipinski definition) is 5. The summed E-state index contributed by atoms with van der Waals surface area (Å²) in [5.74, 6) is 1.47. The van der Waals surface area contributed by atoms with E-state index in [-0.39, 0.29) is 11.6 Å². The van der Waals surface area contributed by atoms with Gasteiger partial charge in [0, 0.05) is 18.3 Å². The van der Waals surface area contributed by atoms with E-state index in [0.717, 1.165) is 17.0 Å². The molecule has 0 radical (unpaired) electrons. The topological polar surface area (TPSA) is 56.6 Å². The van der Waals surface area contributed by atoms with Crippen LogP contribution in [0.5, 0.6) is 5.75 Å². The van der Waals surface area contributed by atoms with Gasteiger partial charge in [-0.15, -0.1) is 0 Å². The highest BCUT2D eigenvalue weighted by atomic mass is 35.5. The normalized spacial score (nSPS) is 16.4. The van der Waals surface area contributed by atoms with E-state index in [0.29, 0.717) is 48.6 Å². The number of anilines is 1. The molecule has 0 amide bonds. The van der Waals surface area contributed by atoms with E-state index in [4.69, 9.17) is 21.1 Å². The fraction of sp³-hybridized carbons (Fsp3) is 0.333. The minimum absolute atomic E-state index is 0.0307. The predicted octanol–water partition coefficient (Wildman–Crippen LogP) is 4.10. The molecule has 1 atom stereocenters. The number of benzene rings is 2. The van der Waals surface area contributed by atoms with Gasteiger partial charge >= 0.3 is 0 Å². The van der Waals surface area contributed by atoms with Crippen molar-refractivity contribution in [3.63, 3.8) is 0 Å². The molecule has 31 heavy (non-hydrogen) atoms. The molecule has 1 unspecified atom stereocenters. The molecule has 0 bridgehead atoms. The van der Waals surface area contributed by atoms with Gasteiger partial charge in [0.2, 0.25) is 0 Å². The molecular weight excluding hydrogens is 414 g/mol. The molecular formula is C24H26ClN3O3. The zero-order valence-electron chi connectivity index (χ0n) is 18.0. The zero-order valence-corrected chi connectivity index (χ0v) is 18.7. The first-order valence-corrected chi connectivity index (χ1v) is 10.7. The molecule has 0 N–H and O–H groups in total. The van der Waals surface area contributed by atoms with Gasteiger partial charge in [-0.3, -0.25) is 9.36 Å². The number of aromatic nitrogens is 2. The minimum Gasteiger partial charge on any atom is -0.491 e. The zero-order chi connectivity index (χ0) is 22.0. The fourth-order valence-corrected chi connectivity index (χ4v) is 4.21. The van der Waals surface area contributed by atoms with Crippen molar-refractivity contribution in [1.82, 2.24) is 9.55 Å². The van der Waals surface area contributed by atoms with E-state index < -0.39 is 0 Å². The molecule has 2 heterocycles. The van der Waals surface area contributed by atoms with Crippen LogP contribution in [0.15, 0.2) is 53.3 Å². The van der Waals surface area contributed by atoms with Crippen LogP contribution in [0.1, 0.15) is 17.1 Å². The summed E-state index contributed by atoms with van der Waals surface area (Å²) in [6.45, 7) is 8.06. The molecule has 4 rings (SSSR count). The Morgan fingerprint density at radius 3 is 2.74 bits per heavy atom. The average molecular weight is 440 g/mol. The van der Waals surface area contributed by atoms with Gasteiger partial charge in [0.15, 0.2) is 0 Å². The van der Waals surface area contributed by atoms with E-state index in [9.17, 15) is 4.79 Å². The van der Waals surface area contributed by atoms with Crippen LogP contribution in [0.4, 0.5) is 5.69 Å². The number of hydrogen-bond donors (Lipinski definition) is 0. The van der Waals surface area contributed by atoms with Crippen molar-refractivity contribution in [3.05, 3.63) is 81.0 Å². The number of rotatable bonds is 5. The number of morpholine rings is 1. The van der Waals surface area contributed by atoms with Gasteiger partial charge in [-0.1, -0.05) is 23.7 Å². The summed E-state index contributed by atoms with van der Waals surface area (Å²) in [6, 6.07) is 15.2. The molecule has 1 fully saturated rings. The monoisotopic (exact) mass is 439 g/mol. The largest absolute Gasteiger partial charge is 0.491 e. The Morgan fingerprint density at radius 2 is 2.00 bits per heavy atom. The Hall–Kier alpha value is -2.83. The van der Waals surface area contributed by atoms with Crippen molar-refractivity contribution >= 4 is 17.3 Å². The van der Waals surface area contributed by atoms with E-state index in [1.807, 2.05) is 63.2 Å². The van der Waals surface area contributed by atoms with Crippen LogP contribution in [0.3, 0.4) is 0 Å². The van der Waals surface area contributed by atoms with Crippen LogP contribution in [-0.2, 0) is 4.74 Å². The lowest BCUT2D eigenvalue weighted by Crippen LogP contribution is -2.49. The molecule has 1 aliphatic rings. The molecule has 3 aromatic rings.